The van der Waals surface area contributed by atoms with Crippen molar-refractivity contribution in [2.24, 2.45) is 0 Å². The molecule has 0 saturated heterocycles. The van der Waals surface area contributed by atoms with Crippen LogP contribution in [0.25, 0.3) is 10.9 Å². The standard InChI is InChI=1S/C20H21N3O3/c1-4-18(20(24)25)26-15-9-7-8-14(12-15)23(3)19-16-10-5-6-11-17(16)21-13(2)22-19/h5-12,18H,4H2,1-3H3,(H,24,25). The fraction of sp³-hybridized carbons (Fsp3) is 0.250. The summed E-state index contributed by atoms with van der Waals surface area (Å²) in [5.74, 6) is 1.02. The molecule has 2 aromatic carbocycles. The Morgan fingerprint density at radius 3 is 2.69 bits per heavy atom. The number of nitrogens with zero attached hydrogens (tertiary/aromatic N) is 3. The lowest BCUT2D eigenvalue weighted by atomic mass is 10.2. The predicted octanol–water partition coefficient (Wildman–Crippen LogP) is 3.95. The lowest BCUT2D eigenvalue weighted by molar-refractivity contribution is -0.145. The summed E-state index contributed by atoms with van der Waals surface area (Å²) in [4.78, 5) is 22.2. The third-order valence-corrected chi connectivity index (χ3v) is 4.14. The molecule has 0 fully saturated rings. The van der Waals surface area contributed by atoms with Gasteiger partial charge in [-0.3, -0.25) is 0 Å². The number of hydrogen-bond acceptors (Lipinski definition) is 5. The second-order valence-corrected chi connectivity index (χ2v) is 6.02. The molecular weight excluding hydrogens is 330 g/mol. The van der Waals surface area contributed by atoms with Crippen LogP contribution in [0, 0.1) is 6.92 Å². The molecule has 0 amide bonds. The molecule has 1 atom stereocenters. The third kappa shape index (κ3) is 3.59. The molecule has 1 heterocycles. The lowest BCUT2D eigenvalue weighted by Crippen LogP contribution is -2.26. The summed E-state index contributed by atoms with van der Waals surface area (Å²) in [6.45, 7) is 3.65. The van der Waals surface area contributed by atoms with Gasteiger partial charge in [-0.05, 0) is 37.6 Å². The Bertz CT molecular complexity index is 942. The number of para-hydroxylation sites is 1. The summed E-state index contributed by atoms with van der Waals surface area (Å²) >= 11 is 0. The van der Waals surface area contributed by atoms with Crippen molar-refractivity contribution in [3.63, 3.8) is 0 Å². The number of aliphatic carboxylic acids is 1. The molecule has 3 aromatic rings. The highest BCUT2D eigenvalue weighted by Crippen LogP contribution is 2.30. The van der Waals surface area contributed by atoms with Crippen LogP contribution in [0.3, 0.4) is 0 Å². The van der Waals surface area contributed by atoms with Gasteiger partial charge in [0.2, 0.25) is 0 Å². The van der Waals surface area contributed by atoms with E-state index in [-0.39, 0.29) is 0 Å². The topological polar surface area (TPSA) is 75.5 Å². The number of benzene rings is 2. The van der Waals surface area contributed by atoms with E-state index in [4.69, 9.17) is 4.74 Å². The largest absolute Gasteiger partial charge is 0.479 e. The molecule has 1 N–H and O–H groups in total. The maximum Gasteiger partial charge on any atom is 0.344 e. The number of anilines is 2. The Hall–Kier alpha value is -3.15. The molecule has 134 valence electrons. The molecule has 1 unspecified atom stereocenters. The van der Waals surface area contributed by atoms with Gasteiger partial charge in [-0.2, -0.15) is 0 Å². The third-order valence-electron chi connectivity index (χ3n) is 4.14. The predicted molar refractivity (Wildman–Crippen MR) is 101 cm³/mol. The number of aryl methyl sites for hydroxylation is 1. The number of rotatable bonds is 6. The van der Waals surface area contributed by atoms with Gasteiger partial charge in [-0.1, -0.05) is 25.1 Å². The van der Waals surface area contributed by atoms with Crippen LogP contribution in [0.1, 0.15) is 19.2 Å². The maximum atomic E-state index is 11.2. The first kappa shape index (κ1) is 17.7. The van der Waals surface area contributed by atoms with Crippen LogP contribution < -0.4 is 9.64 Å². The average Bonchev–Trinajstić information content (AvgIpc) is 2.64. The van der Waals surface area contributed by atoms with Crippen molar-refractivity contribution in [2.75, 3.05) is 11.9 Å². The van der Waals surface area contributed by atoms with E-state index in [0.717, 1.165) is 22.4 Å². The Kier molecular flexibility index (Phi) is 5.02. The minimum Gasteiger partial charge on any atom is -0.479 e. The summed E-state index contributed by atoms with van der Waals surface area (Å²) in [5.41, 5.74) is 1.73. The molecule has 3 rings (SSSR count). The van der Waals surface area contributed by atoms with Gasteiger partial charge in [0.25, 0.3) is 0 Å². The first-order chi connectivity index (χ1) is 12.5. The molecule has 6 heteroatoms. The number of carbonyl (C=O) groups is 1. The van der Waals surface area contributed by atoms with Gasteiger partial charge in [0, 0.05) is 24.2 Å². The number of aromatic nitrogens is 2. The Morgan fingerprint density at radius 1 is 1.19 bits per heavy atom. The van der Waals surface area contributed by atoms with Crippen molar-refractivity contribution < 1.29 is 14.6 Å². The molecule has 0 radical (unpaired) electrons. The minimum absolute atomic E-state index is 0.394. The van der Waals surface area contributed by atoms with Crippen LogP contribution in [-0.4, -0.2) is 34.2 Å². The van der Waals surface area contributed by atoms with Crippen LogP contribution in [-0.2, 0) is 4.79 Å². The Balaban J connectivity index is 1.97. The number of fused-ring (bicyclic) bond motifs is 1. The normalized spacial score (nSPS) is 12.0. The zero-order valence-corrected chi connectivity index (χ0v) is 15.0. The summed E-state index contributed by atoms with van der Waals surface area (Å²) in [6, 6.07) is 15.2. The number of carboxylic acids is 1. The quantitative estimate of drug-likeness (QED) is 0.725. The summed E-state index contributed by atoms with van der Waals surface area (Å²) in [5, 5.41) is 10.1. The maximum absolute atomic E-state index is 11.2. The van der Waals surface area contributed by atoms with E-state index in [2.05, 4.69) is 9.97 Å². The first-order valence-corrected chi connectivity index (χ1v) is 8.46. The monoisotopic (exact) mass is 351 g/mol. The van der Waals surface area contributed by atoms with Crippen molar-refractivity contribution in [1.29, 1.82) is 0 Å². The van der Waals surface area contributed by atoms with Crippen LogP contribution in [0.2, 0.25) is 0 Å². The molecule has 6 nitrogen and oxygen atoms in total. The van der Waals surface area contributed by atoms with Crippen LogP contribution >= 0.6 is 0 Å². The lowest BCUT2D eigenvalue weighted by Gasteiger charge is -2.21. The molecule has 0 spiro atoms. The van der Waals surface area contributed by atoms with Gasteiger partial charge in [-0.15, -0.1) is 0 Å². The van der Waals surface area contributed by atoms with Gasteiger partial charge in [0.05, 0.1) is 5.52 Å². The van der Waals surface area contributed by atoms with E-state index in [1.807, 2.05) is 61.3 Å². The number of ether oxygens (including phenoxy) is 1. The zero-order chi connectivity index (χ0) is 18.7. The van der Waals surface area contributed by atoms with Crippen LogP contribution in [0.4, 0.5) is 11.5 Å². The van der Waals surface area contributed by atoms with Crippen LogP contribution in [0.15, 0.2) is 48.5 Å². The van der Waals surface area contributed by atoms with E-state index >= 15 is 0 Å². The van der Waals surface area contributed by atoms with E-state index < -0.39 is 12.1 Å². The summed E-state index contributed by atoms with van der Waals surface area (Å²) in [6.07, 6.45) is -0.469. The molecule has 26 heavy (non-hydrogen) atoms. The van der Waals surface area contributed by atoms with E-state index in [1.54, 1.807) is 13.0 Å². The van der Waals surface area contributed by atoms with Crippen molar-refractivity contribution in [1.82, 2.24) is 9.97 Å². The van der Waals surface area contributed by atoms with Crippen molar-refractivity contribution in [2.45, 2.75) is 26.4 Å². The smallest absolute Gasteiger partial charge is 0.344 e. The van der Waals surface area contributed by atoms with Gasteiger partial charge < -0.3 is 14.7 Å². The highest BCUT2D eigenvalue weighted by atomic mass is 16.5. The van der Waals surface area contributed by atoms with E-state index in [9.17, 15) is 9.90 Å². The highest BCUT2D eigenvalue weighted by Gasteiger charge is 2.18. The van der Waals surface area contributed by atoms with Crippen molar-refractivity contribution >= 4 is 28.4 Å². The Labute approximate surface area is 152 Å². The molecule has 0 bridgehead atoms. The average molecular weight is 351 g/mol. The van der Waals surface area contributed by atoms with Gasteiger partial charge in [0.1, 0.15) is 17.4 Å². The molecule has 0 saturated carbocycles. The van der Waals surface area contributed by atoms with Crippen molar-refractivity contribution in [3.8, 4) is 5.75 Å². The number of hydrogen-bond donors (Lipinski definition) is 1. The summed E-state index contributed by atoms with van der Waals surface area (Å²) < 4.78 is 5.60. The molecular formula is C20H21N3O3. The second-order valence-electron chi connectivity index (χ2n) is 6.02. The summed E-state index contributed by atoms with van der Waals surface area (Å²) in [7, 11) is 1.92. The van der Waals surface area contributed by atoms with Gasteiger partial charge in [0.15, 0.2) is 6.10 Å². The Morgan fingerprint density at radius 2 is 1.96 bits per heavy atom. The fourth-order valence-electron chi connectivity index (χ4n) is 2.79. The zero-order valence-electron chi connectivity index (χ0n) is 15.0. The molecule has 0 aliphatic heterocycles. The van der Waals surface area contributed by atoms with Gasteiger partial charge in [-0.25, -0.2) is 14.8 Å². The van der Waals surface area contributed by atoms with Crippen molar-refractivity contribution in [3.05, 3.63) is 54.4 Å². The highest BCUT2D eigenvalue weighted by molar-refractivity contribution is 5.91. The fourth-order valence-corrected chi connectivity index (χ4v) is 2.79. The SMILES string of the molecule is CCC(Oc1cccc(N(C)c2nc(C)nc3ccccc23)c1)C(=O)O. The molecule has 1 aromatic heterocycles. The van der Waals surface area contributed by atoms with Crippen LogP contribution in [0.5, 0.6) is 5.75 Å². The molecule has 0 aliphatic carbocycles. The molecule has 0 aliphatic rings. The first-order valence-electron chi connectivity index (χ1n) is 8.46. The second kappa shape index (κ2) is 7.39. The minimum atomic E-state index is -0.969. The van der Waals surface area contributed by atoms with Gasteiger partial charge >= 0.3 is 5.97 Å². The van der Waals surface area contributed by atoms with E-state index in [1.165, 1.54) is 0 Å². The number of carboxylic acid groups (broad SMARTS) is 1. The van der Waals surface area contributed by atoms with E-state index in [0.29, 0.717) is 18.0 Å².